The van der Waals surface area contributed by atoms with Gasteiger partial charge >= 0.3 is 0 Å². The van der Waals surface area contributed by atoms with E-state index < -0.39 is 0 Å². The Labute approximate surface area is 294 Å². The first-order chi connectivity index (χ1) is 25.3. The first-order valence-corrected chi connectivity index (χ1v) is 17.5. The monoisotopic (exact) mass is 649 g/mol. The average molecular weight is 650 g/mol. The number of aromatic nitrogens is 3. The van der Waals surface area contributed by atoms with Crippen molar-refractivity contribution < 1.29 is 0 Å². The van der Waals surface area contributed by atoms with E-state index in [9.17, 15) is 0 Å². The van der Waals surface area contributed by atoms with Gasteiger partial charge in [-0.15, -0.1) is 0 Å². The largest absolute Gasteiger partial charge is 0.309 e. The van der Waals surface area contributed by atoms with E-state index >= 15 is 0 Å². The van der Waals surface area contributed by atoms with Crippen LogP contribution in [0, 0.1) is 0 Å². The highest BCUT2D eigenvalue weighted by molar-refractivity contribution is 6.26. The van der Waals surface area contributed by atoms with Gasteiger partial charge in [0.2, 0.25) is 0 Å². The molecule has 0 radical (unpaired) electrons. The Balaban J connectivity index is 1.11. The second-order valence-electron chi connectivity index (χ2n) is 13.4. The fraction of sp³-hybridized carbons (Fsp3) is 0. The molecule has 3 aromatic heterocycles. The summed E-state index contributed by atoms with van der Waals surface area (Å²) >= 11 is 0. The normalized spacial score (nSPS) is 11.9. The van der Waals surface area contributed by atoms with Crippen LogP contribution in [0.4, 0.5) is 0 Å². The summed E-state index contributed by atoms with van der Waals surface area (Å²) in [5.74, 6) is 0. The van der Waals surface area contributed by atoms with E-state index in [-0.39, 0.29) is 0 Å². The Hall–Kier alpha value is -6.84. The molecule has 0 spiro atoms. The number of hydrogen-bond donors (Lipinski definition) is 0. The highest BCUT2D eigenvalue weighted by atomic mass is 15.0. The van der Waals surface area contributed by atoms with E-state index in [2.05, 4.69) is 202 Å². The third-order valence-corrected chi connectivity index (χ3v) is 10.6. The topological polar surface area (TPSA) is 14.8 Å². The predicted molar refractivity (Wildman–Crippen MR) is 215 cm³/mol. The predicted octanol–water partition coefficient (Wildman–Crippen LogP) is 12.6. The van der Waals surface area contributed by atoms with Crippen LogP contribution in [-0.2, 0) is 0 Å². The first-order valence-electron chi connectivity index (χ1n) is 17.5. The van der Waals surface area contributed by atoms with Crippen molar-refractivity contribution in [3.63, 3.8) is 0 Å². The zero-order chi connectivity index (χ0) is 33.5. The molecule has 0 saturated carbocycles. The molecule has 3 heterocycles. The van der Waals surface area contributed by atoms with Gasteiger partial charge in [0.05, 0.1) is 33.1 Å². The second kappa shape index (κ2) is 10.8. The van der Waals surface area contributed by atoms with Crippen LogP contribution in [0.3, 0.4) is 0 Å². The summed E-state index contributed by atoms with van der Waals surface area (Å²) in [5, 5.41) is 7.59. The molecule has 8 aromatic carbocycles. The number of benzene rings is 8. The van der Waals surface area contributed by atoms with E-state index in [1.54, 1.807) is 0 Å². The summed E-state index contributed by atoms with van der Waals surface area (Å²) in [5.41, 5.74) is 13.1. The number of para-hydroxylation sites is 5. The lowest BCUT2D eigenvalue weighted by molar-refractivity contribution is 1.17. The maximum Gasteiger partial charge on any atom is 0.0641 e. The van der Waals surface area contributed by atoms with Gasteiger partial charge in [-0.2, -0.15) is 0 Å². The molecule has 0 fully saturated rings. The Morgan fingerprint density at radius 3 is 1.41 bits per heavy atom. The summed E-state index contributed by atoms with van der Waals surface area (Å²) in [4.78, 5) is 0. The minimum absolute atomic E-state index is 1.15. The molecule has 0 saturated heterocycles. The van der Waals surface area contributed by atoms with E-state index in [0.29, 0.717) is 0 Å². The van der Waals surface area contributed by atoms with Gasteiger partial charge in [-0.1, -0.05) is 121 Å². The summed E-state index contributed by atoms with van der Waals surface area (Å²) in [6.45, 7) is 0. The molecule has 51 heavy (non-hydrogen) atoms. The Kier molecular flexibility index (Phi) is 5.96. The van der Waals surface area contributed by atoms with Crippen molar-refractivity contribution in [1.29, 1.82) is 0 Å². The van der Waals surface area contributed by atoms with Gasteiger partial charge in [-0.05, 0) is 77.9 Å². The number of fused-ring (bicyclic) bond motifs is 10. The molecular formula is C48H31N3. The molecule has 0 aliphatic carbocycles. The molecule has 0 atom stereocenters. The van der Waals surface area contributed by atoms with Gasteiger partial charge in [-0.3, -0.25) is 0 Å². The van der Waals surface area contributed by atoms with Crippen LogP contribution < -0.4 is 0 Å². The Bertz CT molecular complexity index is 3070. The molecule has 0 amide bonds. The molecule has 0 aliphatic rings. The lowest BCUT2D eigenvalue weighted by atomic mass is 10.0. The quantitative estimate of drug-likeness (QED) is 0.180. The van der Waals surface area contributed by atoms with E-state index in [1.165, 1.54) is 82.2 Å². The second-order valence-corrected chi connectivity index (χ2v) is 13.4. The van der Waals surface area contributed by atoms with Crippen molar-refractivity contribution in [2.45, 2.75) is 0 Å². The number of rotatable bonds is 4. The first kappa shape index (κ1) is 28.0. The van der Waals surface area contributed by atoms with Crippen LogP contribution in [-0.4, -0.2) is 13.7 Å². The van der Waals surface area contributed by atoms with Gasteiger partial charge in [0.25, 0.3) is 0 Å². The van der Waals surface area contributed by atoms with Gasteiger partial charge < -0.3 is 13.7 Å². The minimum Gasteiger partial charge on any atom is -0.309 e. The molecule has 0 bridgehead atoms. The van der Waals surface area contributed by atoms with Gasteiger partial charge in [-0.25, -0.2) is 0 Å². The molecular weight excluding hydrogens is 619 g/mol. The highest BCUT2D eigenvalue weighted by Gasteiger charge is 2.20. The zero-order valence-corrected chi connectivity index (χ0v) is 27.7. The van der Waals surface area contributed by atoms with E-state index in [0.717, 1.165) is 11.4 Å². The molecule has 0 N–H and O–H groups in total. The summed E-state index contributed by atoms with van der Waals surface area (Å²) < 4.78 is 7.25. The zero-order valence-electron chi connectivity index (χ0n) is 27.7. The van der Waals surface area contributed by atoms with Crippen LogP contribution in [0.5, 0.6) is 0 Å². The molecule has 0 aliphatic heterocycles. The lowest BCUT2D eigenvalue weighted by Crippen LogP contribution is -1.96. The minimum atomic E-state index is 1.15. The highest BCUT2D eigenvalue weighted by Crippen LogP contribution is 2.42. The van der Waals surface area contributed by atoms with Crippen LogP contribution in [0.15, 0.2) is 188 Å². The molecule has 11 rings (SSSR count). The van der Waals surface area contributed by atoms with Gasteiger partial charge in [0, 0.05) is 49.4 Å². The Morgan fingerprint density at radius 2 is 0.745 bits per heavy atom. The summed E-state index contributed by atoms with van der Waals surface area (Å²) in [6.07, 6.45) is 0. The fourth-order valence-corrected chi connectivity index (χ4v) is 8.46. The fourth-order valence-electron chi connectivity index (χ4n) is 8.46. The maximum absolute atomic E-state index is 2.47. The van der Waals surface area contributed by atoms with E-state index in [4.69, 9.17) is 0 Å². The number of nitrogens with zero attached hydrogens (tertiary/aromatic N) is 3. The smallest absolute Gasteiger partial charge is 0.0641 e. The standard InChI is InChI=1S/C48H31N3/c1-2-14-34(15-3-1)49-45-24-11-7-20-41(45)47-46(49)30-29-40-39-19-6-10-23-44(39)51(48(40)47)35-27-25-32(26-28-35)33-13-12-16-36(31-33)50-42-21-8-4-17-37(42)38-18-5-9-22-43(38)50/h1-31H. The van der Waals surface area contributed by atoms with Crippen LogP contribution in [0.1, 0.15) is 0 Å². The van der Waals surface area contributed by atoms with Gasteiger partial charge in [0.15, 0.2) is 0 Å². The Morgan fingerprint density at radius 1 is 0.255 bits per heavy atom. The SMILES string of the molecule is c1ccc(-n2c3ccccc3c3c2ccc2c4ccccc4n(-c4ccc(-c5cccc(-n6c7ccccc7c7ccccc76)c5)cc4)c23)cc1. The summed E-state index contributed by atoms with van der Waals surface area (Å²) in [6, 6.07) is 68.3. The van der Waals surface area contributed by atoms with E-state index in [1.807, 2.05) is 0 Å². The molecule has 3 heteroatoms. The van der Waals surface area contributed by atoms with Crippen molar-refractivity contribution in [3.05, 3.63) is 188 Å². The van der Waals surface area contributed by atoms with Crippen molar-refractivity contribution in [3.8, 4) is 28.2 Å². The summed E-state index contributed by atoms with van der Waals surface area (Å²) in [7, 11) is 0. The molecule has 3 nitrogen and oxygen atoms in total. The number of hydrogen-bond acceptors (Lipinski definition) is 0. The van der Waals surface area contributed by atoms with Crippen molar-refractivity contribution in [1.82, 2.24) is 13.7 Å². The van der Waals surface area contributed by atoms with Crippen LogP contribution in [0.25, 0.3) is 93.6 Å². The third kappa shape index (κ3) is 4.06. The molecule has 0 unspecified atom stereocenters. The van der Waals surface area contributed by atoms with Gasteiger partial charge in [0.1, 0.15) is 0 Å². The van der Waals surface area contributed by atoms with Crippen LogP contribution in [0.2, 0.25) is 0 Å². The van der Waals surface area contributed by atoms with Crippen molar-refractivity contribution in [2.75, 3.05) is 0 Å². The third-order valence-electron chi connectivity index (χ3n) is 10.6. The molecule has 11 aromatic rings. The van der Waals surface area contributed by atoms with Crippen molar-refractivity contribution >= 4 is 65.4 Å². The van der Waals surface area contributed by atoms with Crippen LogP contribution >= 0.6 is 0 Å². The maximum atomic E-state index is 2.47. The van der Waals surface area contributed by atoms with Crippen molar-refractivity contribution in [2.24, 2.45) is 0 Å². The lowest BCUT2D eigenvalue weighted by Gasteiger charge is -2.12. The molecule has 238 valence electrons. The average Bonchev–Trinajstić information content (AvgIpc) is 3.84.